The molecule has 1 aromatic carbocycles. The summed E-state index contributed by atoms with van der Waals surface area (Å²) in [7, 11) is 0. The van der Waals surface area contributed by atoms with Crippen molar-refractivity contribution in [3.8, 4) is 11.8 Å². The number of esters is 1. The van der Waals surface area contributed by atoms with Crippen LogP contribution in [0.2, 0.25) is 0 Å². The van der Waals surface area contributed by atoms with Crippen molar-refractivity contribution in [2.75, 3.05) is 19.7 Å². The van der Waals surface area contributed by atoms with Gasteiger partial charge in [-0.15, -0.1) is 0 Å². The van der Waals surface area contributed by atoms with E-state index >= 15 is 0 Å². The van der Waals surface area contributed by atoms with Crippen molar-refractivity contribution in [2.24, 2.45) is 0 Å². The van der Waals surface area contributed by atoms with Crippen LogP contribution in [-0.4, -0.2) is 41.6 Å². The zero-order chi connectivity index (χ0) is 21.2. The Hall–Kier alpha value is -3.34. The van der Waals surface area contributed by atoms with Crippen molar-refractivity contribution < 1.29 is 23.6 Å². The van der Waals surface area contributed by atoms with Gasteiger partial charge in [0.05, 0.1) is 36.8 Å². The lowest BCUT2D eigenvalue weighted by molar-refractivity contribution is -0.143. The number of hydrogen-bond donors (Lipinski definition) is 0. The molecule has 0 saturated carbocycles. The fraction of sp³-hybridized carbons (Fsp3) is 0.429. The van der Waals surface area contributed by atoms with Gasteiger partial charge >= 0.3 is 5.97 Å². The SMILES string of the molecule is CCOC(=O)CCN(CCC#N)C(=O)c1ccc(OCc2c(C)noc2C)cc1. The molecule has 0 spiro atoms. The summed E-state index contributed by atoms with van der Waals surface area (Å²) in [4.78, 5) is 25.8. The van der Waals surface area contributed by atoms with Gasteiger partial charge in [0.15, 0.2) is 0 Å². The molecule has 0 N–H and O–H groups in total. The normalized spacial score (nSPS) is 10.3. The van der Waals surface area contributed by atoms with E-state index in [9.17, 15) is 9.59 Å². The Morgan fingerprint density at radius 1 is 1.21 bits per heavy atom. The number of benzene rings is 1. The summed E-state index contributed by atoms with van der Waals surface area (Å²) in [5.74, 6) is 0.702. The van der Waals surface area contributed by atoms with E-state index in [1.54, 1.807) is 31.2 Å². The molecule has 0 fully saturated rings. The summed E-state index contributed by atoms with van der Waals surface area (Å²) < 4.78 is 15.8. The van der Waals surface area contributed by atoms with E-state index in [0.29, 0.717) is 30.3 Å². The Labute approximate surface area is 170 Å². The summed E-state index contributed by atoms with van der Waals surface area (Å²) in [5.41, 5.74) is 2.13. The van der Waals surface area contributed by atoms with Crippen molar-refractivity contribution in [1.82, 2.24) is 10.1 Å². The molecule has 0 radical (unpaired) electrons. The highest BCUT2D eigenvalue weighted by Crippen LogP contribution is 2.18. The van der Waals surface area contributed by atoms with Gasteiger partial charge in [0.1, 0.15) is 18.1 Å². The van der Waals surface area contributed by atoms with E-state index in [4.69, 9.17) is 19.3 Å². The van der Waals surface area contributed by atoms with Crippen LogP contribution in [0.15, 0.2) is 28.8 Å². The molecule has 0 atom stereocenters. The number of aromatic nitrogens is 1. The zero-order valence-electron chi connectivity index (χ0n) is 16.9. The molecule has 0 aliphatic rings. The highest BCUT2D eigenvalue weighted by molar-refractivity contribution is 5.94. The van der Waals surface area contributed by atoms with Crippen LogP contribution in [0.4, 0.5) is 0 Å². The molecule has 0 unspecified atom stereocenters. The third kappa shape index (κ3) is 6.35. The number of nitrogens with zero attached hydrogens (tertiary/aromatic N) is 3. The van der Waals surface area contributed by atoms with Gasteiger partial charge in [-0.3, -0.25) is 9.59 Å². The van der Waals surface area contributed by atoms with Gasteiger partial charge in [-0.25, -0.2) is 0 Å². The van der Waals surface area contributed by atoms with Crippen LogP contribution in [-0.2, 0) is 16.1 Å². The molecular formula is C21H25N3O5. The number of aryl methyl sites for hydroxylation is 2. The fourth-order valence-electron chi connectivity index (χ4n) is 2.70. The van der Waals surface area contributed by atoms with Crippen molar-refractivity contribution in [3.63, 3.8) is 0 Å². The van der Waals surface area contributed by atoms with Crippen molar-refractivity contribution >= 4 is 11.9 Å². The zero-order valence-corrected chi connectivity index (χ0v) is 16.9. The van der Waals surface area contributed by atoms with Crippen LogP contribution < -0.4 is 4.74 Å². The molecule has 2 rings (SSSR count). The first kappa shape index (κ1) is 22.0. The summed E-state index contributed by atoms with van der Waals surface area (Å²) in [6.07, 6.45) is 0.275. The summed E-state index contributed by atoms with van der Waals surface area (Å²) in [6.45, 7) is 6.47. The Morgan fingerprint density at radius 3 is 2.52 bits per heavy atom. The topological polar surface area (TPSA) is 106 Å². The van der Waals surface area contributed by atoms with Crippen molar-refractivity contribution in [2.45, 2.75) is 40.2 Å². The molecule has 0 aliphatic heterocycles. The number of carbonyl (C=O) groups is 2. The Kier molecular flexibility index (Phi) is 8.22. The van der Waals surface area contributed by atoms with Crippen molar-refractivity contribution in [1.29, 1.82) is 5.26 Å². The second-order valence-corrected chi connectivity index (χ2v) is 6.37. The number of rotatable bonds is 10. The lowest BCUT2D eigenvalue weighted by atomic mass is 10.1. The van der Waals surface area contributed by atoms with Crippen LogP contribution in [0.25, 0.3) is 0 Å². The largest absolute Gasteiger partial charge is 0.489 e. The van der Waals surface area contributed by atoms with Gasteiger partial charge in [0.2, 0.25) is 0 Å². The van der Waals surface area contributed by atoms with Crippen LogP contribution in [0.1, 0.15) is 47.1 Å². The number of carbonyl (C=O) groups excluding carboxylic acids is 2. The van der Waals surface area contributed by atoms with E-state index in [1.165, 1.54) is 4.90 Å². The third-order valence-electron chi connectivity index (χ3n) is 4.34. The van der Waals surface area contributed by atoms with Gasteiger partial charge in [0, 0.05) is 18.7 Å². The molecule has 1 amide bonds. The molecule has 1 heterocycles. The molecule has 2 aromatic rings. The first-order chi connectivity index (χ1) is 14.0. The minimum absolute atomic E-state index is 0.0869. The summed E-state index contributed by atoms with van der Waals surface area (Å²) >= 11 is 0. The van der Waals surface area contributed by atoms with Crippen LogP contribution in [0.3, 0.4) is 0 Å². The summed E-state index contributed by atoms with van der Waals surface area (Å²) in [5, 5.41) is 12.7. The van der Waals surface area contributed by atoms with Crippen LogP contribution >= 0.6 is 0 Å². The second-order valence-electron chi connectivity index (χ2n) is 6.37. The molecule has 8 heteroatoms. The van der Waals surface area contributed by atoms with Crippen LogP contribution in [0, 0.1) is 25.2 Å². The molecule has 1 aromatic heterocycles. The number of hydrogen-bond acceptors (Lipinski definition) is 7. The quantitative estimate of drug-likeness (QED) is 0.565. The predicted molar refractivity (Wildman–Crippen MR) is 104 cm³/mol. The minimum Gasteiger partial charge on any atom is -0.489 e. The molecule has 154 valence electrons. The monoisotopic (exact) mass is 399 g/mol. The number of amides is 1. The molecular weight excluding hydrogens is 374 g/mol. The Morgan fingerprint density at radius 2 is 1.93 bits per heavy atom. The van der Waals surface area contributed by atoms with Gasteiger partial charge in [-0.05, 0) is 45.0 Å². The standard InChI is InChI=1S/C21H25N3O5/c1-4-27-20(25)10-13-24(12-5-11-22)21(26)17-6-8-18(9-7-17)28-14-19-15(2)23-29-16(19)3/h6-9H,4-5,10,12-14H2,1-3H3. The average molecular weight is 399 g/mol. The van der Waals surface area contributed by atoms with Gasteiger partial charge in [-0.1, -0.05) is 5.16 Å². The predicted octanol–water partition coefficient (Wildman–Crippen LogP) is 3.18. The van der Waals surface area contributed by atoms with E-state index in [2.05, 4.69) is 5.16 Å². The van der Waals surface area contributed by atoms with Crippen LogP contribution in [0.5, 0.6) is 5.75 Å². The number of nitriles is 1. The van der Waals surface area contributed by atoms with Gasteiger partial charge < -0.3 is 18.9 Å². The second kappa shape index (κ2) is 10.9. The molecule has 8 nitrogen and oxygen atoms in total. The highest BCUT2D eigenvalue weighted by atomic mass is 16.5. The first-order valence-corrected chi connectivity index (χ1v) is 9.42. The Bertz CT molecular complexity index is 848. The Balaban J connectivity index is 1.99. The lowest BCUT2D eigenvalue weighted by Crippen LogP contribution is -2.34. The van der Waals surface area contributed by atoms with Gasteiger partial charge in [0.25, 0.3) is 5.91 Å². The van der Waals surface area contributed by atoms with Gasteiger partial charge in [-0.2, -0.15) is 5.26 Å². The molecule has 0 bridgehead atoms. The van der Waals surface area contributed by atoms with E-state index in [0.717, 1.165) is 11.3 Å². The highest BCUT2D eigenvalue weighted by Gasteiger charge is 2.17. The number of ether oxygens (including phenoxy) is 2. The maximum atomic E-state index is 12.8. The van der Waals surface area contributed by atoms with E-state index in [-0.39, 0.29) is 37.8 Å². The third-order valence-corrected chi connectivity index (χ3v) is 4.34. The lowest BCUT2D eigenvalue weighted by Gasteiger charge is -2.21. The molecule has 0 saturated heterocycles. The maximum absolute atomic E-state index is 12.8. The van der Waals surface area contributed by atoms with E-state index in [1.807, 2.05) is 19.9 Å². The molecule has 29 heavy (non-hydrogen) atoms. The minimum atomic E-state index is -0.370. The molecule has 0 aliphatic carbocycles. The average Bonchev–Trinajstić information content (AvgIpc) is 3.04. The fourth-order valence-corrected chi connectivity index (χ4v) is 2.70. The maximum Gasteiger partial charge on any atom is 0.307 e. The smallest absolute Gasteiger partial charge is 0.307 e. The van der Waals surface area contributed by atoms with Crippen molar-refractivity contribution in [3.05, 3.63) is 46.8 Å². The summed E-state index contributed by atoms with van der Waals surface area (Å²) in [6, 6.07) is 8.76. The van der Waals surface area contributed by atoms with E-state index < -0.39 is 0 Å². The first-order valence-electron chi connectivity index (χ1n) is 9.42.